The lowest BCUT2D eigenvalue weighted by molar-refractivity contribution is -0.142. The highest BCUT2D eigenvalue weighted by Crippen LogP contribution is 2.48. The molecule has 1 aromatic carbocycles. The van der Waals surface area contributed by atoms with Gasteiger partial charge in [-0.25, -0.2) is 27.0 Å². The Bertz CT molecular complexity index is 1930. The van der Waals surface area contributed by atoms with Crippen LogP contribution in [-0.2, 0) is 24.4 Å². The van der Waals surface area contributed by atoms with Crippen LogP contribution in [0.15, 0.2) is 36.5 Å². The summed E-state index contributed by atoms with van der Waals surface area (Å²) in [5.74, 6) is -4.03. The van der Waals surface area contributed by atoms with Crippen molar-refractivity contribution in [2.45, 2.75) is 93.7 Å². The van der Waals surface area contributed by atoms with Crippen LogP contribution >= 0.6 is 0 Å². The van der Waals surface area contributed by atoms with Gasteiger partial charge in [0.1, 0.15) is 35.1 Å². The summed E-state index contributed by atoms with van der Waals surface area (Å²) in [7, 11) is -3.08. The summed E-state index contributed by atoms with van der Waals surface area (Å²) < 4.78 is 66.4. The number of carboxylic acid groups (broad SMARTS) is 1. The minimum atomic E-state index is -4.41. The van der Waals surface area contributed by atoms with E-state index in [0.717, 1.165) is 0 Å². The normalized spacial score (nSPS) is 30.5. The number of nitrogens with one attached hydrogen (secondary N) is 3. The van der Waals surface area contributed by atoms with E-state index in [0.29, 0.717) is 36.5 Å². The first-order chi connectivity index (χ1) is 25.2. The Kier molecular flexibility index (Phi) is 10.6. The number of benzene rings is 1. The molecule has 0 spiro atoms. The molecule has 14 nitrogen and oxygen atoms in total. The van der Waals surface area contributed by atoms with E-state index in [1.165, 1.54) is 30.3 Å². The van der Waals surface area contributed by atoms with Crippen molar-refractivity contribution in [1.82, 2.24) is 25.2 Å². The molecule has 288 valence electrons. The van der Waals surface area contributed by atoms with Crippen molar-refractivity contribution in [3.8, 4) is 11.6 Å². The Hall–Kier alpha value is -4.54. The van der Waals surface area contributed by atoms with Gasteiger partial charge in [0.25, 0.3) is 5.91 Å². The van der Waals surface area contributed by atoms with Crippen LogP contribution in [0, 0.1) is 23.6 Å². The van der Waals surface area contributed by atoms with Crippen molar-refractivity contribution >= 4 is 44.6 Å². The Labute approximate surface area is 306 Å². The standard InChI is InChI=1S/C36H45F2N5O9S/c1-4-21-13-20(2)7-5-6-8-23-17-36(23,33(46)42-53(49,50)35(19-37)10-11-35)41-30(44)27-15-24(18-43(27)32(45)29(21)40-34(47)48)52-31-25-16-26(38)28(51-3)14-22(25)9-12-39-31/h6,8-9,12,14,16,20-21,23-24,27,29,40H,4-5,7,10-11,13,15,17-19H2,1-3H3,(H,41,44)(H,42,46)(H,47,48)/b8-6-/t20-,21-,23?,24-,27+,29+,36?/m1/s1. The van der Waals surface area contributed by atoms with Crippen molar-refractivity contribution in [3.05, 3.63) is 42.4 Å². The topological polar surface area (TPSA) is 193 Å². The summed E-state index contributed by atoms with van der Waals surface area (Å²) in [6, 6.07) is 1.81. The second-order valence-corrected chi connectivity index (χ2v) is 16.8. The number of hydrogen-bond acceptors (Lipinski definition) is 9. The van der Waals surface area contributed by atoms with E-state index >= 15 is 0 Å². The van der Waals surface area contributed by atoms with E-state index in [9.17, 15) is 41.5 Å². The van der Waals surface area contributed by atoms with E-state index in [1.807, 2.05) is 24.6 Å². The van der Waals surface area contributed by atoms with Gasteiger partial charge in [0.2, 0.25) is 27.7 Å². The number of alkyl halides is 1. The van der Waals surface area contributed by atoms with Crippen LogP contribution in [0.1, 0.15) is 65.2 Å². The molecule has 1 aromatic heterocycles. The van der Waals surface area contributed by atoms with Crippen LogP contribution in [0.3, 0.4) is 0 Å². The van der Waals surface area contributed by atoms with Gasteiger partial charge >= 0.3 is 6.09 Å². The molecular formula is C36H45F2N5O9S. The third kappa shape index (κ3) is 7.49. The maximum absolute atomic E-state index is 14.8. The summed E-state index contributed by atoms with van der Waals surface area (Å²) in [4.78, 5) is 60.1. The molecule has 2 saturated carbocycles. The molecule has 4 N–H and O–H groups in total. The highest BCUT2D eigenvalue weighted by Gasteiger charge is 2.64. The number of nitrogens with zero attached hydrogens (tertiary/aromatic N) is 2. The zero-order valence-corrected chi connectivity index (χ0v) is 30.6. The number of aromatic nitrogens is 1. The number of sulfonamides is 1. The number of rotatable bonds is 9. The minimum Gasteiger partial charge on any atom is -0.494 e. The number of ether oxygens (including phenoxy) is 2. The van der Waals surface area contributed by atoms with Gasteiger partial charge in [0.05, 0.1) is 13.7 Å². The largest absolute Gasteiger partial charge is 0.494 e. The molecule has 0 radical (unpaired) electrons. The Morgan fingerprint density at radius 3 is 2.62 bits per heavy atom. The number of allylic oxidation sites excluding steroid dienone is 1. The van der Waals surface area contributed by atoms with Gasteiger partial charge in [-0.15, -0.1) is 0 Å². The highest BCUT2D eigenvalue weighted by atomic mass is 32.2. The predicted octanol–water partition coefficient (Wildman–Crippen LogP) is 3.59. The lowest BCUT2D eigenvalue weighted by Gasteiger charge is -2.33. The zero-order chi connectivity index (χ0) is 38.3. The number of halogens is 2. The molecule has 4 aliphatic rings. The predicted molar refractivity (Wildman–Crippen MR) is 188 cm³/mol. The van der Waals surface area contributed by atoms with E-state index in [-0.39, 0.29) is 49.8 Å². The van der Waals surface area contributed by atoms with Crippen LogP contribution in [-0.4, -0.2) is 96.0 Å². The first-order valence-corrected chi connectivity index (χ1v) is 19.4. The van der Waals surface area contributed by atoms with Crippen LogP contribution < -0.4 is 24.8 Å². The monoisotopic (exact) mass is 761 g/mol. The van der Waals surface area contributed by atoms with Crippen LogP contribution in [0.5, 0.6) is 11.6 Å². The average Bonchev–Trinajstić information content (AvgIpc) is 4.02. The fourth-order valence-corrected chi connectivity index (χ4v) is 9.08. The fraction of sp³-hybridized carbons (Fsp3) is 0.583. The number of amides is 4. The van der Waals surface area contributed by atoms with E-state index in [1.54, 1.807) is 12.1 Å². The van der Waals surface area contributed by atoms with Crippen molar-refractivity contribution in [2.75, 3.05) is 20.3 Å². The SMILES string of the molecule is CC[C@@H]1C[C@H](C)CC/C=C\C2CC2(C(=O)NS(=O)(=O)C2(CF)CC2)NC(=O)[C@@H]2C[C@@H](Oc3nccc4cc(OC)c(F)cc34)CN2C(=O)[C@H]1NC(=O)O. The van der Waals surface area contributed by atoms with Gasteiger partial charge in [-0.3, -0.25) is 19.1 Å². The van der Waals surface area contributed by atoms with Gasteiger partial charge in [-0.05, 0) is 73.9 Å². The molecular weight excluding hydrogens is 716 g/mol. The summed E-state index contributed by atoms with van der Waals surface area (Å²) in [6.45, 7) is 2.51. The molecule has 3 heterocycles. The maximum Gasteiger partial charge on any atom is 0.405 e. The molecule has 2 unspecified atom stereocenters. The maximum atomic E-state index is 14.8. The smallest absolute Gasteiger partial charge is 0.405 e. The number of carbonyl (C=O) groups excluding carboxylic acids is 3. The summed E-state index contributed by atoms with van der Waals surface area (Å²) in [6.07, 6.45) is 5.05. The van der Waals surface area contributed by atoms with E-state index in [4.69, 9.17) is 9.47 Å². The van der Waals surface area contributed by atoms with Crippen molar-refractivity contribution < 1.29 is 51.0 Å². The second-order valence-electron chi connectivity index (χ2n) is 14.8. The highest BCUT2D eigenvalue weighted by molar-refractivity contribution is 7.91. The van der Waals surface area contributed by atoms with Crippen molar-refractivity contribution in [3.63, 3.8) is 0 Å². The van der Waals surface area contributed by atoms with Gasteiger partial charge < -0.3 is 30.1 Å². The lowest BCUT2D eigenvalue weighted by Crippen LogP contribution is -2.59. The van der Waals surface area contributed by atoms with Crippen molar-refractivity contribution in [1.29, 1.82) is 0 Å². The molecule has 3 fully saturated rings. The van der Waals surface area contributed by atoms with Crippen LogP contribution in [0.25, 0.3) is 10.8 Å². The first kappa shape index (κ1) is 38.2. The van der Waals surface area contributed by atoms with Gasteiger partial charge in [0, 0.05) is 23.9 Å². The van der Waals surface area contributed by atoms with Crippen LogP contribution in [0.4, 0.5) is 13.6 Å². The summed E-state index contributed by atoms with van der Waals surface area (Å²) in [5.41, 5.74) is -1.70. The van der Waals surface area contributed by atoms with Crippen LogP contribution in [0.2, 0.25) is 0 Å². The number of fused-ring (bicyclic) bond motifs is 3. The zero-order valence-electron chi connectivity index (χ0n) is 29.8. The Morgan fingerprint density at radius 1 is 1.21 bits per heavy atom. The average molecular weight is 762 g/mol. The van der Waals surface area contributed by atoms with Gasteiger partial charge in [-0.1, -0.05) is 32.4 Å². The number of pyridine rings is 1. The first-order valence-electron chi connectivity index (χ1n) is 17.9. The molecule has 7 atom stereocenters. The van der Waals surface area contributed by atoms with Gasteiger partial charge in [-0.2, -0.15) is 0 Å². The Morgan fingerprint density at radius 2 is 1.96 bits per heavy atom. The molecule has 53 heavy (non-hydrogen) atoms. The molecule has 1 saturated heterocycles. The quantitative estimate of drug-likeness (QED) is 0.275. The third-order valence-electron chi connectivity index (χ3n) is 11.2. The van der Waals surface area contributed by atoms with Gasteiger partial charge in [0.15, 0.2) is 11.6 Å². The molecule has 2 aromatic rings. The van der Waals surface area contributed by atoms with E-state index < -0.39 is 86.6 Å². The minimum absolute atomic E-state index is 0.0106. The number of hydrogen-bond donors (Lipinski definition) is 4. The third-order valence-corrected chi connectivity index (χ3v) is 13.3. The molecule has 2 aliphatic heterocycles. The second kappa shape index (κ2) is 14.7. The molecule has 0 bridgehead atoms. The molecule has 17 heteroatoms. The fourth-order valence-electron chi connectivity index (χ4n) is 7.66. The number of methoxy groups -OCH3 is 1. The molecule has 6 rings (SSSR count). The molecule has 2 aliphatic carbocycles. The molecule has 4 amide bonds. The summed E-state index contributed by atoms with van der Waals surface area (Å²) in [5, 5.41) is 15.8. The van der Waals surface area contributed by atoms with Crippen molar-refractivity contribution in [2.24, 2.45) is 17.8 Å². The van der Waals surface area contributed by atoms with E-state index in [2.05, 4.69) is 15.6 Å². The Balaban J connectivity index is 1.35. The number of carbonyl (C=O) groups is 4. The summed E-state index contributed by atoms with van der Waals surface area (Å²) >= 11 is 0. The lowest BCUT2D eigenvalue weighted by atomic mass is 9.85.